The van der Waals surface area contributed by atoms with Crippen LogP contribution < -0.4 is 0 Å². The fraction of sp³-hybridized carbons (Fsp3) is 0.300. The van der Waals surface area contributed by atoms with Crippen LogP contribution in [-0.2, 0) is 0 Å². The summed E-state index contributed by atoms with van der Waals surface area (Å²) < 4.78 is 0. The quantitative estimate of drug-likeness (QED) is 0.500. The van der Waals surface area contributed by atoms with Crippen LogP contribution in [0.25, 0.3) is 11.1 Å². The first-order chi connectivity index (χ1) is 11.0. The molecule has 2 aromatic rings. The molecule has 0 heterocycles. The topological polar surface area (TPSA) is 34.1 Å². The molecule has 126 valence electrons. The molecular formula is C20H20Cl2O2. The minimum Gasteiger partial charge on any atom is -0.292 e. The summed E-state index contributed by atoms with van der Waals surface area (Å²) in [5, 5.41) is 0. The smallest absolute Gasteiger partial charge is 0.183 e. The molecule has 2 aromatic carbocycles. The van der Waals surface area contributed by atoms with Crippen LogP contribution in [0.4, 0.5) is 0 Å². The molecule has 0 N–H and O–H groups in total. The van der Waals surface area contributed by atoms with Crippen LogP contribution in [0.3, 0.4) is 0 Å². The van der Waals surface area contributed by atoms with E-state index in [1.807, 2.05) is 30.3 Å². The zero-order valence-corrected chi connectivity index (χ0v) is 15.7. The van der Waals surface area contributed by atoms with Gasteiger partial charge in [-0.3, -0.25) is 9.59 Å². The molecule has 0 aliphatic heterocycles. The van der Waals surface area contributed by atoms with Gasteiger partial charge in [0.25, 0.3) is 0 Å². The van der Waals surface area contributed by atoms with Gasteiger partial charge in [-0.15, -0.1) is 23.2 Å². The summed E-state index contributed by atoms with van der Waals surface area (Å²) in [6.45, 7) is 6.56. The van der Waals surface area contributed by atoms with Crippen LogP contribution >= 0.6 is 23.2 Å². The monoisotopic (exact) mass is 362 g/mol. The number of carbonyl (C=O) groups excluding carboxylic acids is 2. The van der Waals surface area contributed by atoms with E-state index in [-0.39, 0.29) is 11.6 Å². The van der Waals surface area contributed by atoms with Crippen molar-refractivity contribution in [3.8, 4) is 11.1 Å². The maximum atomic E-state index is 12.8. The zero-order valence-electron chi connectivity index (χ0n) is 14.2. The maximum Gasteiger partial charge on any atom is 0.183 e. The Morgan fingerprint density at radius 2 is 1.33 bits per heavy atom. The summed E-state index contributed by atoms with van der Waals surface area (Å²) in [6.07, 6.45) is 0. The molecule has 0 aliphatic carbocycles. The van der Waals surface area contributed by atoms with E-state index in [0.29, 0.717) is 11.1 Å². The van der Waals surface area contributed by atoms with Crippen molar-refractivity contribution in [3.05, 3.63) is 59.7 Å². The number of rotatable bonds is 5. The second-order valence-electron chi connectivity index (χ2n) is 6.73. The first-order valence-electron chi connectivity index (χ1n) is 7.68. The number of alkyl halides is 2. The Kier molecular flexibility index (Phi) is 5.22. The van der Waals surface area contributed by atoms with Crippen LogP contribution in [0.2, 0.25) is 0 Å². The lowest BCUT2D eigenvalue weighted by molar-refractivity contribution is 0.0954. The molecule has 2 nitrogen and oxygen atoms in total. The van der Waals surface area contributed by atoms with Gasteiger partial charge in [-0.05, 0) is 44.9 Å². The Morgan fingerprint density at radius 3 is 1.83 bits per heavy atom. The minimum atomic E-state index is -1.07. The Bertz CT molecular complexity index is 766. The molecule has 0 aromatic heterocycles. The number of hydrogen-bond donors (Lipinski definition) is 0. The highest BCUT2D eigenvalue weighted by Crippen LogP contribution is 2.31. The van der Waals surface area contributed by atoms with Gasteiger partial charge in [0.1, 0.15) is 9.75 Å². The number of carbonyl (C=O) groups is 2. The number of Topliss-reactive ketones (excluding diaryl/α,β-unsaturated/α-hetero) is 2. The number of halogens is 2. The van der Waals surface area contributed by atoms with E-state index in [2.05, 4.69) is 0 Å². The third-order valence-corrected chi connectivity index (χ3v) is 4.03. The molecule has 0 radical (unpaired) electrons. The van der Waals surface area contributed by atoms with Crippen LogP contribution in [0.5, 0.6) is 0 Å². The molecule has 2 rings (SSSR count). The van der Waals surface area contributed by atoms with E-state index in [4.69, 9.17) is 23.2 Å². The summed E-state index contributed by atoms with van der Waals surface area (Å²) in [7, 11) is 0. The van der Waals surface area contributed by atoms with Crippen LogP contribution in [0.15, 0.2) is 48.5 Å². The molecule has 0 unspecified atom stereocenters. The van der Waals surface area contributed by atoms with Gasteiger partial charge in [0.15, 0.2) is 11.6 Å². The predicted octanol–water partition coefficient (Wildman–Crippen LogP) is 5.75. The Morgan fingerprint density at radius 1 is 0.792 bits per heavy atom. The molecule has 0 atom stereocenters. The lowest BCUT2D eigenvalue weighted by Crippen LogP contribution is -2.27. The van der Waals surface area contributed by atoms with Crippen molar-refractivity contribution in [3.63, 3.8) is 0 Å². The molecule has 0 amide bonds. The van der Waals surface area contributed by atoms with E-state index in [1.54, 1.807) is 45.9 Å². The lowest BCUT2D eigenvalue weighted by Gasteiger charge is -2.20. The molecular weight excluding hydrogens is 343 g/mol. The molecule has 0 saturated heterocycles. The van der Waals surface area contributed by atoms with E-state index in [9.17, 15) is 9.59 Å². The second-order valence-corrected chi connectivity index (χ2v) is 8.62. The van der Waals surface area contributed by atoms with E-state index in [1.165, 1.54) is 0 Å². The Balaban J connectivity index is 2.65. The van der Waals surface area contributed by atoms with Gasteiger partial charge in [-0.2, -0.15) is 0 Å². The van der Waals surface area contributed by atoms with Crippen molar-refractivity contribution in [1.29, 1.82) is 0 Å². The molecule has 0 aliphatic rings. The van der Waals surface area contributed by atoms with Gasteiger partial charge in [0, 0.05) is 11.1 Å². The van der Waals surface area contributed by atoms with Gasteiger partial charge in [0.05, 0.1) is 0 Å². The van der Waals surface area contributed by atoms with Crippen molar-refractivity contribution in [2.45, 2.75) is 37.4 Å². The first-order valence-corrected chi connectivity index (χ1v) is 8.44. The van der Waals surface area contributed by atoms with Crippen molar-refractivity contribution >= 4 is 34.8 Å². The van der Waals surface area contributed by atoms with Gasteiger partial charge < -0.3 is 0 Å². The molecule has 0 saturated carbocycles. The normalized spacial score (nSPS) is 12.1. The first kappa shape index (κ1) is 18.7. The largest absolute Gasteiger partial charge is 0.292 e. The third-order valence-electron chi connectivity index (χ3n) is 3.69. The average Bonchev–Trinajstić information content (AvgIpc) is 2.52. The van der Waals surface area contributed by atoms with Gasteiger partial charge in [-0.25, -0.2) is 0 Å². The second kappa shape index (κ2) is 6.70. The fourth-order valence-electron chi connectivity index (χ4n) is 2.41. The van der Waals surface area contributed by atoms with Crippen molar-refractivity contribution in [2.24, 2.45) is 0 Å². The number of benzene rings is 2. The lowest BCUT2D eigenvalue weighted by atomic mass is 9.88. The molecule has 0 fully saturated rings. The summed E-state index contributed by atoms with van der Waals surface area (Å²) >= 11 is 12.4. The molecule has 4 heteroatoms. The minimum absolute atomic E-state index is 0.231. The highest BCUT2D eigenvalue weighted by Gasteiger charge is 2.31. The number of hydrogen-bond acceptors (Lipinski definition) is 2. The van der Waals surface area contributed by atoms with Crippen molar-refractivity contribution in [1.82, 2.24) is 0 Å². The predicted molar refractivity (Wildman–Crippen MR) is 100 cm³/mol. The summed E-state index contributed by atoms with van der Waals surface area (Å²) in [5.41, 5.74) is 2.47. The van der Waals surface area contributed by atoms with E-state index in [0.717, 1.165) is 11.1 Å². The third kappa shape index (κ3) is 4.06. The summed E-state index contributed by atoms with van der Waals surface area (Å²) in [5.74, 6) is -0.463. The standard InChI is InChI=1S/C20H20Cl2O2/c1-19(2,21)17(23)14-10-11-15(13-8-6-5-7-9-13)16(12-14)18(24)20(3,4)22/h5-12H,1-4H3. The maximum absolute atomic E-state index is 12.8. The Hall–Kier alpha value is -1.64. The van der Waals surface area contributed by atoms with Crippen LogP contribution in [-0.4, -0.2) is 21.3 Å². The van der Waals surface area contributed by atoms with Crippen LogP contribution in [0.1, 0.15) is 48.4 Å². The van der Waals surface area contributed by atoms with Crippen molar-refractivity contribution < 1.29 is 9.59 Å². The van der Waals surface area contributed by atoms with Crippen LogP contribution in [0, 0.1) is 0 Å². The van der Waals surface area contributed by atoms with Gasteiger partial charge in [-0.1, -0.05) is 42.5 Å². The van der Waals surface area contributed by atoms with E-state index >= 15 is 0 Å². The SMILES string of the molecule is CC(C)(Cl)C(=O)c1ccc(-c2ccccc2)c(C(=O)C(C)(C)Cl)c1. The summed E-state index contributed by atoms with van der Waals surface area (Å²) in [6, 6.07) is 14.6. The fourth-order valence-corrected chi connectivity index (χ4v) is 2.62. The highest BCUT2D eigenvalue weighted by atomic mass is 35.5. The average molecular weight is 363 g/mol. The molecule has 24 heavy (non-hydrogen) atoms. The van der Waals surface area contributed by atoms with Gasteiger partial charge >= 0.3 is 0 Å². The Labute approximate surface area is 152 Å². The van der Waals surface area contributed by atoms with Gasteiger partial charge in [0.2, 0.25) is 0 Å². The zero-order chi connectivity index (χ0) is 18.1. The highest BCUT2D eigenvalue weighted by molar-refractivity contribution is 6.39. The van der Waals surface area contributed by atoms with E-state index < -0.39 is 9.75 Å². The molecule has 0 spiro atoms. The summed E-state index contributed by atoms with van der Waals surface area (Å²) in [4.78, 5) is 23.2. The number of ketones is 2. The van der Waals surface area contributed by atoms with Crippen molar-refractivity contribution in [2.75, 3.05) is 0 Å². The molecule has 0 bridgehead atoms.